The topological polar surface area (TPSA) is 107 Å². The van der Waals surface area contributed by atoms with E-state index in [1.807, 2.05) is 18.2 Å². The molecule has 118 valence electrons. The second-order valence-corrected chi connectivity index (χ2v) is 5.44. The van der Waals surface area contributed by atoms with Crippen molar-refractivity contribution in [1.29, 1.82) is 0 Å². The molecule has 2 rings (SSSR count). The van der Waals surface area contributed by atoms with Crippen molar-refractivity contribution in [2.45, 2.75) is 38.3 Å². The summed E-state index contributed by atoms with van der Waals surface area (Å²) in [5, 5.41) is 10.0. The van der Waals surface area contributed by atoms with Crippen molar-refractivity contribution < 1.29 is 9.90 Å². The minimum atomic E-state index is -0.662. The van der Waals surface area contributed by atoms with Crippen molar-refractivity contribution in [3.05, 3.63) is 47.9 Å². The number of rotatable bonds is 7. The lowest BCUT2D eigenvalue weighted by Crippen LogP contribution is -2.23. The Morgan fingerprint density at radius 1 is 1.36 bits per heavy atom. The summed E-state index contributed by atoms with van der Waals surface area (Å²) in [5.41, 5.74) is 12.4. The van der Waals surface area contributed by atoms with E-state index in [1.165, 1.54) is 11.9 Å². The van der Waals surface area contributed by atoms with E-state index < -0.39 is 12.0 Å². The zero-order valence-electron chi connectivity index (χ0n) is 12.6. The number of benzene rings is 1. The van der Waals surface area contributed by atoms with Gasteiger partial charge in [0.05, 0.1) is 18.5 Å². The summed E-state index contributed by atoms with van der Waals surface area (Å²) in [6.07, 6.45) is 3.40. The maximum Gasteiger partial charge on any atom is 0.271 e. The van der Waals surface area contributed by atoms with E-state index in [4.69, 9.17) is 11.5 Å². The second-order valence-electron chi connectivity index (χ2n) is 5.44. The van der Waals surface area contributed by atoms with Gasteiger partial charge in [-0.1, -0.05) is 30.3 Å². The number of aryl methyl sites for hydroxylation is 1. The third-order valence-electron chi connectivity index (χ3n) is 3.79. The van der Waals surface area contributed by atoms with Crippen LogP contribution >= 0.6 is 0 Å². The summed E-state index contributed by atoms with van der Waals surface area (Å²) in [4.78, 5) is 15.2. The van der Waals surface area contributed by atoms with Crippen LogP contribution in [-0.2, 0) is 6.42 Å². The maximum absolute atomic E-state index is 11.2. The predicted molar refractivity (Wildman–Crippen MR) is 85.3 cm³/mol. The molecule has 1 aromatic heterocycles. The maximum atomic E-state index is 11.2. The summed E-state index contributed by atoms with van der Waals surface area (Å²) >= 11 is 0. The molecule has 6 nitrogen and oxygen atoms in total. The van der Waals surface area contributed by atoms with Gasteiger partial charge in [-0.25, -0.2) is 4.98 Å². The highest BCUT2D eigenvalue weighted by Crippen LogP contribution is 2.24. The molecule has 0 aliphatic carbocycles. The molecule has 0 saturated carbocycles. The Morgan fingerprint density at radius 2 is 2.05 bits per heavy atom. The van der Waals surface area contributed by atoms with Crippen molar-refractivity contribution in [1.82, 2.24) is 9.55 Å². The highest BCUT2D eigenvalue weighted by molar-refractivity contribution is 5.95. The summed E-state index contributed by atoms with van der Waals surface area (Å²) in [6, 6.07) is 9.93. The number of anilines is 1. The smallest absolute Gasteiger partial charge is 0.271 e. The highest BCUT2D eigenvalue weighted by atomic mass is 16.3. The first kappa shape index (κ1) is 16.0. The van der Waals surface area contributed by atoms with Crippen molar-refractivity contribution in [2.75, 3.05) is 5.73 Å². The molecule has 0 aliphatic heterocycles. The molecule has 2 atom stereocenters. The Bertz CT molecular complexity index is 622. The van der Waals surface area contributed by atoms with Gasteiger partial charge in [-0.3, -0.25) is 4.79 Å². The first-order valence-electron chi connectivity index (χ1n) is 7.34. The highest BCUT2D eigenvalue weighted by Gasteiger charge is 2.22. The third kappa shape index (κ3) is 3.65. The lowest BCUT2D eigenvalue weighted by atomic mass is 10.0. The summed E-state index contributed by atoms with van der Waals surface area (Å²) in [6.45, 7) is 1.70. The number of nitrogens with zero attached hydrogens (tertiary/aromatic N) is 2. The Kier molecular flexibility index (Phi) is 5.16. The Labute approximate surface area is 129 Å². The van der Waals surface area contributed by atoms with E-state index >= 15 is 0 Å². The molecule has 0 saturated heterocycles. The van der Waals surface area contributed by atoms with Crippen LogP contribution in [0.5, 0.6) is 0 Å². The van der Waals surface area contributed by atoms with E-state index in [9.17, 15) is 9.90 Å². The summed E-state index contributed by atoms with van der Waals surface area (Å²) < 4.78 is 1.63. The lowest BCUT2D eigenvalue weighted by Gasteiger charge is -2.22. The number of hydrogen-bond acceptors (Lipinski definition) is 4. The number of imidazole rings is 1. The molecule has 22 heavy (non-hydrogen) atoms. The summed E-state index contributed by atoms with van der Waals surface area (Å²) in [7, 11) is 0. The van der Waals surface area contributed by atoms with Crippen LogP contribution in [0, 0.1) is 0 Å². The van der Waals surface area contributed by atoms with Gasteiger partial charge >= 0.3 is 0 Å². The predicted octanol–water partition coefficient (Wildman–Crippen LogP) is 1.51. The van der Waals surface area contributed by atoms with Crippen LogP contribution in [0.25, 0.3) is 0 Å². The SMILES string of the molecule is CC(O)C(CCCc1ccccc1)n1cnc(C(N)=O)c1N. The van der Waals surface area contributed by atoms with E-state index in [1.54, 1.807) is 11.5 Å². The van der Waals surface area contributed by atoms with Crippen molar-refractivity contribution >= 4 is 11.7 Å². The number of aromatic nitrogens is 2. The van der Waals surface area contributed by atoms with E-state index in [2.05, 4.69) is 17.1 Å². The molecule has 0 aliphatic rings. The molecule has 0 fully saturated rings. The number of nitrogen functional groups attached to an aromatic ring is 1. The first-order chi connectivity index (χ1) is 10.5. The molecule has 0 spiro atoms. The fourth-order valence-electron chi connectivity index (χ4n) is 2.60. The number of carbonyl (C=O) groups excluding carboxylic acids is 1. The lowest BCUT2D eigenvalue weighted by molar-refractivity contribution is 0.0996. The van der Waals surface area contributed by atoms with Gasteiger partial charge in [-0.2, -0.15) is 0 Å². The molecular formula is C16H22N4O2. The molecule has 2 unspecified atom stereocenters. The van der Waals surface area contributed by atoms with Gasteiger partial charge < -0.3 is 21.1 Å². The van der Waals surface area contributed by atoms with Crippen LogP contribution in [0.2, 0.25) is 0 Å². The number of nitrogens with two attached hydrogens (primary N) is 2. The Morgan fingerprint density at radius 3 is 2.59 bits per heavy atom. The number of aliphatic hydroxyl groups is 1. The minimum absolute atomic E-state index is 0.0497. The second kappa shape index (κ2) is 7.09. The molecule has 1 heterocycles. The average Bonchev–Trinajstić information content (AvgIpc) is 2.86. The monoisotopic (exact) mass is 302 g/mol. The fraction of sp³-hybridized carbons (Fsp3) is 0.375. The molecule has 0 bridgehead atoms. The number of aliphatic hydroxyl groups excluding tert-OH is 1. The standard InChI is InChI=1S/C16H22N4O2/c1-11(21)13(9-5-8-12-6-3-2-4-7-12)20-10-19-14(15(20)17)16(18)22/h2-4,6-7,10-11,13,21H,5,8-9,17H2,1H3,(H2,18,22). The molecular weight excluding hydrogens is 280 g/mol. The van der Waals surface area contributed by atoms with Gasteiger partial charge in [-0.05, 0) is 31.7 Å². The number of amides is 1. The fourth-order valence-corrected chi connectivity index (χ4v) is 2.60. The largest absolute Gasteiger partial charge is 0.391 e. The van der Waals surface area contributed by atoms with Crippen LogP contribution in [0.1, 0.15) is 41.9 Å². The molecule has 1 amide bonds. The van der Waals surface area contributed by atoms with Crippen LogP contribution in [0.4, 0.5) is 5.82 Å². The van der Waals surface area contributed by atoms with E-state index in [0.717, 1.165) is 19.3 Å². The van der Waals surface area contributed by atoms with Gasteiger partial charge in [0, 0.05) is 0 Å². The summed E-state index contributed by atoms with van der Waals surface area (Å²) in [5.74, 6) is -0.456. The molecule has 2 aromatic rings. The van der Waals surface area contributed by atoms with Gasteiger partial charge in [0.1, 0.15) is 5.82 Å². The van der Waals surface area contributed by atoms with E-state index in [0.29, 0.717) is 0 Å². The first-order valence-corrected chi connectivity index (χ1v) is 7.34. The molecule has 0 radical (unpaired) electrons. The van der Waals surface area contributed by atoms with Crippen LogP contribution in [0.15, 0.2) is 36.7 Å². The number of hydrogen-bond donors (Lipinski definition) is 3. The normalized spacial score (nSPS) is 13.7. The van der Waals surface area contributed by atoms with Crippen LogP contribution in [-0.4, -0.2) is 26.7 Å². The van der Waals surface area contributed by atoms with Gasteiger partial charge in [0.2, 0.25) is 0 Å². The third-order valence-corrected chi connectivity index (χ3v) is 3.79. The van der Waals surface area contributed by atoms with Crippen LogP contribution in [0.3, 0.4) is 0 Å². The number of primary amides is 1. The Balaban J connectivity index is 2.06. The van der Waals surface area contributed by atoms with Crippen LogP contribution < -0.4 is 11.5 Å². The quantitative estimate of drug-likeness (QED) is 0.720. The molecule has 6 heteroatoms. The minimum Gasteiger partial charge on any atom is -0.391 e. The van der Waals surface area contributed by atoms with Gasteiger partial charge in [0.25, 0.3) is 5.91 Å². The molecule has 5 N–H and O–H groups in total. The van der Waals surface area contributed by atoms with Crippen molar-refractivity contribution in [2.24, 2.45) is 5.73 Å². The van der Waals surface area contributed by atoms with E-state index in [-0.39, 0.29) is 17.6 Å². The van der Waals surface area contributed by atoms with Gasteiger partial charge in [0.15, 0.2) is 5.69 Å². The zero-order chi connectivity index (χ0) is 16.1. The molecule has 1 aromatic carbocycles. The Hall–Kier alpha value is -2.34. The number of carbonyl (C=O) groups is 1. The van der Waals surface area contributed by atoms with Crippen molar-refractivity contribution in [3.63, 3.8) is 0 Å². The average molecular weight is 302 g/mol. The van der Waals surface area contributed by atoms with Crippen molar-refractivity contribution in [3.8, 4) is 0 Å². The van der Waals surface area contributed by atoms with Gasteiger partial charge in [-0.15, -0.1) is 0 Å². The zero-order valence-corrected chi connectivity index (χ0v) is 12.6.